The van der Waals surface area contributed by atoms with E-state index in [0.29, 0.717) is 45.6 Å². The third-order valence-corrected chi connectivity index (χ3v) is 5.40. The van der Waals surface area contributed by atoms with E-state index in [4.69, 9.17) is 9.47 Å². The number of hydrogen-bond acceptors (Lipinski definition) is 5. The number of piperidine rings is 1. The molecule has 2 aliphatic rings. The van der Waals surface area contributed by atoms with Gasteiger partial charge in [-0.15, -0.1) is 0 Å². The second kappa shape index (κ2) is 7.75. The van der Waals surface area contributed by atoms with E-state index in [1.807, 2.05) is 24.6 Å². The maximum atomic E-state index is 12.9. The Bertz CT molecular complexity index is 647. The fourth-order valence-electron chi connectivity index (χ4n) is 3.94. The standard InChI is InChI=1S/C18H28N4O4/c1-4-20(5-2)16(24)14-12-22-11-8-19-17(22)18(26-14)6-9-21(10-7-18)15(23)13-25-3/h8,11,14H,4-7,9-10,12-13H2,1-3H3/t14-/m0/s1. The summed E-state index contributed by atoms with van der Waals surface area (Å²) < 4.78 is 13.4. The van der Waals surface area contributed by atoms with Crippen LogP contribution in [0.25, 0.3) is 0 Å². The summed E-state index contributed by atoms with van der Waals surface area (Å²) in [5.74, 6) is 0.865. The Kier molecular flexibility index (Phi) is 5.62. The van der Waals surface area contributed by atoms with Gasteiger partial charge < -0.3 is 23.8 Å². The third-order valence-electron chi connectivity index (χ3n) is 5.40. The first-order chi connectivity index (χ1) is 12.5. The van der Waals surface area contributed by atoms with Crippen molar-refractivity contribution in [3.05, 3.63) is 18.2 Å². The van der Waals surface area contributed by atoms with Crippen LogP contribution in [0.15, 0.2) is 12.4 Å². The molecule has 8 nitrogen and oxygen atoms in total. The van der Waals surface area contributed by atoms with E-state index in [-0.39, 0.29) is 18.4 Å². The minimum absolute atomic E-state index is 0.0164. The highest BCUT2D eigenvalue weighted by Crippen LogP contribution is 2.40. The highest BCUT2D eigenvalue weighted by molar-refractivity contribution is 5.81. The Balaban J connectivity index is 1.79. The molecule has 2 amide bonds. The van der Waals surface area contributed by atoms with Gasteiger partial charge in [-0.3, -0.25) is 9.59 Å². The molecule has 0 N–H and O–H groups in total. The Labute approximate surface area is 154 Å². The van der Waals surface area contributed by atoms with Crippen LogP contribution < -0.4 is 0 Å². The van der Waals surface area contributed by atoms with Crippen LogP contribution in [0, 0.1) is 0 Å². The van der Waals surface area contributed by atoms with Crippen LogP contribution in [-0.2, 0) is 31.2 Å². The van der Waals surface area contributed by atoms with Crippen molar-refractivity contribution in [2.24, 2.45) is 0 Å². The Hall–Kier alpha value is -1.93. The molecule has 0 aromatic carbocycles. The Morgan fingerprint density at radius 1 is 1.35 bits per heavy atom. The molecule has 1 saturated heterocycles. The smallest absolute Gasteiger partial charge is 0.253 e. The van der Waals surface area contributed by atoms with Crippen LogP contribution in [-0.4, -0.2) is 77.2 Å². The number of amides is 2. The van der Waals surface area contributed by atoms with E-state index in [1.165, 1.54) is 7.11 Å². The van der Waals surface area contributed by atoms with E-state index < -0.39 is 11.7 Å². The number of likely N-dealkylation sites (tertiary alicyclic amines) is 1. The Morgan fingerprint density at radius 3 is 2.65 bits per heavy atom. The predicted molar refractivity (Wildman–Crippen MR) is 94.4 cm³/mol. The van der Waals surface area contributed by atoms with Gasteiger partial charge in [-0.25, -0.2) is 4.98 Å². The molecular formula is C18H28N4O4. The normalized spacial score (nSPS) is 21.5. The van der Waals surface area contributed by atoms with Crippen molar-refractivity contribution in [2.75, 3.05) is 39.9 Å². The topological polar surface area (TPSA) is 76.9 Å². The average molecular weight is 364 g/mol. The molecule has 3 rings (SSSR count). The molecule has 26 heavy (non-hydrogen) atoms. The zero-order chi connectivity index (χ0) is 18.7. The number of aromatic nitrogens is 2. The first kappa shape index (κ1) is 18.8. The maximum absolute atomic E-state index is 12.9. The van der Waals surface area contributed by atoms with Gasteiger partial charge in [0.05, 0.1) is 6.54 Å². The number of fused-ring (bicyclic) bond motifs is 2. The third kappa shape index (κ3) is 3.35. The summed E-state index contributed by atoms with van der Waals surface area (Å²) in [7, 11) is 1.52. The zero-order valence-corrected chi connectivity index (χ0v) is 15.8. The molecule has 1 atom stereocenters. The fourth-order valence-corrected chi connectivity index (χ4v) is 3.94. The van der Waals surface area contributed by atoms with Gasteiger partial charge in [0.25, 0.3) is 5.91 Å². The lowest BCUT2D eigenvalue weighted by atomic mass is 9.88. The van der Waals surface area contributed by atoms with Crippen LogP contribution in [0.3, 0.4) is 0 Å². The molecule has 1 spiro atoms. The van der Waals surface area contributed by atoms with Crippen molar-refractivity contribution in [3.8, 4) is 0 Å². The highest BCUT2D eigenvalue weighted by atomic mass is 16.5. The van der Waals surface area contributed by atoms with Crippen molar-refractivity contribution >= 4 is 11.8 Å². The lowest BCUT2D eigenvalue weighted by Gasteiger charge is -2.46. The molecule has 0 aliphatic carbocycles. The van der Waals surface area contributed by atoms with E-state index >= 15 is 0 Å². The van der Waals surface area contributed by atoms with Gasteiger partial charge in [0, 0.05) is 58.5 Å². The number of carbonyl (C=O) groups is 2. The number of rotatable bonds is 5. The van der Waals surface area contributed by atoms with Gasteiger partial charge in [0.1, 0.15) is 18.0 Å². The molecular weight excluding hydrogens is 336 g/mol. The quantitative estimate of drug-likeness (QED) is 0.765. The van der Waals surface area contributed by atoms with Crippen LogP contribution in [0.5, 0.6) is 0 Å². The summed E-state index contributed by atoms with van der Waals surface area (Å²) in [6.45, 7) is 6.99. The highest BCUT2D eigenvalue weighted by Gasteiger charge is 2.48. The molecule has 144 valence electrons. The molecule has 0 bridgehead atoms. The molecule has 3 heterocycles. The molecule has 0 radical (unpaired) electrons. The van der Waals surface area contributed by atoms with Crippen molar-refractivity contribution in [2.45, 2.75) is 44.9 Å². The molecule has 1 fully saturated rings. The van der Waals surface area contributed by atoms with Crippen molar-refractivity contribution in [1.29, 1.82) is 0 Å². The lowest BCUT2D eigenvalue weighted by molar-refractivity contribution is -0.183. The summed E-state index contributed by atoms with van der Waals surface area (Å²) in [5, 5.41) is 0. The van der Waals surface area contributed by atoms with Gasteiger partial charge in [0.2, 0.25) is 5.91 Å². The summed E-state index contributed by atoms with van der Waals surface area (Å²) in [6, 6.07) is 0. The zero-order valence-electron chi connectivity index (χ0n) is 15.8. The van der Waals surface area contributed by atoms with Crippen molar-refractivity contribution < 1.29 is 19.1 Å². The fraction of sp³-hybridized carbons (Fsp3) is 0.722. The van der Waals surface area contributed by atoms with E-state index in [1.54, 1.807) is 16.0 Å². The minimum atomic E-state index is -0.612. The number of carbonyl (C=O) groups excluding carboxylic acids is 2. The predicted octanol–water partition coefficient (Wildman–Crippen LogP) is 0.614. The summed E-state index contributed by atoms with van der Waals surface area (Å²) in [6.07, 6.45) is 4.40. The molecule has 2 aliphatic heterocycles. The van der Waals surface area contributed by atoms with Crippen molar-refractivity contribution in [1.82, 2.24) is 19.4 Å². The van der Waals surface area contributed by atoms with Crippen LogP contribution in [0.1, 0.15) is 32.5 Å². The molecule has 0 unspecified atom stereocenters. The van der Waals surface area contributed by atoms with E-state index in [0.717, 1.165) is 5.82 Å². The average Bonchev–Trinajstić information content (AvgIpc) is 3.13. The molecule has 1 aromatic heterocycles. The van der Waals surface area contributed by atoms with Crippen molar-refractivity contribution in [3.63, 3.8) is 0 Å². The van der Waals surface area contributed by atoms with Gasteiger partial charge in [-0.2, -0.15) is 0 Å². The number of hydrogen-bond donors (Lipinski definition) is 0. The lowest BCUT2D eigenvalue weighted by Crippen LogP contribution is -2.55. The number of likely N-dealkylation sites (N-methyl/N-ethyl adjacent to an activating group) is 1. The second-order valence-corrected chi connectivity index (χ2v) is 6.83. The first-order valence-corrected chi connectivity index (χ1v) is 9.29. The van der Waals surface area contributed by atoms with E-state index in [9.17, 15) is 9.59 Å². The molecule has 1 aromatic rings. The summed E-state index contributed by atoms with van der Waals surface area (Å²) in [4.78, 5) is 33.0. The first-order valence-electron chi connectivity index (χ1n) is 9.29. The summed E-state index contributed by atoms with van der Waals surface area (Å²) in [5.41, 5.74) is -0.612. The molecule has 0 saturated carbocycles. The number of imidazole rings is 1. The minimum Gasteiger partial charge on any atom is -0.375 e. The largest absolute Gasteiger partial charge is 0.375 e. The van der Waals surface area contributed by atoms with Gasteiger partial charge >= 0.3 is 0 Å². The molecule has 8 heteroatoms. The van der Waals surface area contributed by atoms with Gasteiger partial charge in [0.15, 0.2) is 6.10 Å². The van der Waals surface area contributed by atoms with Crippen LogP contribution in [0.4, 0.5) is 0 Å². The monoisotopic (exact) mass is 364 g/mol. The van der Waals surface area contributed by atoms with Gasteiger partial charge in [-0.05, 0) is 13.8 Å². The van der Waals surface area contributed by atoms with E-state index in [2.05, 4.69) is 4.98 Å². The Morgan fingerprint density at radius 2 is 2.04 bits per heavy atom. The number of ether oxygens (including phenoxy) is 2. The van der Waals surface area contributed by atoms with Gasteiger partial charge in [-0.1, -0.05) is 0 Å². The maximum Gasteiger partial charge on any atom is 0.253 e. The van der Waals surface area contributed by atoms with Crippen LogP contribution in [0.2, 0.25) is 0 Å². The summed E-state index contributed by atoms with van der Waals surface area (Å²) >= 11 is 0. The number of methoxy groups -OCH3 is 1. The second-order valence-electron chi connectivity index (χ2n) is 6.83. The SMILES string of the molecule is CCN(CC)C(=O)[C@@H]1Cn2ccnc2C2(CCN(C(=O)COC)CC2)O1. The number of nitrogens with zero attached hydrogens (tertiary/aromatic N) is 4. The van der Waals surface area contributed by atoms with Crippen LogP contribution >= 0.6 is 0 Å².